The normalized spacial score (nSPS) is 11.1. The molecule has 2 rings (SSSR count). The zero-order valence-electron chi connectivity index (χ0n) is 13.4. The van der Waals surface area contributed by atoms with E-state index < -0.39 is 11.6 Å². The van der Waals surface area contributed by atoms with Crippen LogP contribution in [0.15, 0.2) is 42.5 Å². The molecule has 0 fully saturated rings. The molecule has 0 saturated carbocycles. The van der Waals surface area contributed by atoms with Crippen molar-refractivity contribution in [3.8, 4) is 11.3 Å². The first kappa shape index (κ1) is 16.9. The summed E-state index contributed by atoms with van der Waals surface area (Å²) in [6.45, 7) is 3.97. The summed E-state index contributed by atoms with van der Waals surface area (Å²) in [6, 6.07) is 12.8. The Morgan fingerprint density at radius 2 is 1.78 bits per heavy atom. The predicted molar refractivity (Wildman–Crippen MR) is 90.0 cm³/mol. The summed E-state index contributed by atoms with van der Waals surface area (Å²) < 4.78 is 0. The lowest BCUT2D eigenvalue weighted by molar-refractivity contribution is 0.0354. The first-order valence-corrected chi connectivity index (χ1v) is 7.72. The number of nitrogens with one attached hydrogen (secondary N) is 2. The van der Waals surface area contributed by atoms with Crippen molar-refractivity contribution in [2.45, 2.75) is 32.3 Å². The highest BCUT2D eigenvalue weighted by molar-refractivity contribution is 5.88. The van der Waals surface area contributed by atoms with Gasteiger partial charge in [0.15, 0.2) is 5.82 Å². The molecule has 2 amide bonds. The smallest absolute Gasteiger partial charge is 0.320 e. The summed E-state index contributed by atoms with van der Waals surface area (Å²) in [5.74, 6) is 0.360. The van der Waals surface area contributed by atoms with Crippen molar-refractivity contribution in [3.05, 3.63) is 42.5 Å². The average molecular weight is 314 g/mol. The van der Waals surface area contributed by atoms with Crippen molar-refractivity contribution in [3.63, 3.8) is 0 Å². The molecular formula is C17H22N4O2. The van der Waals surface area contributed by atoms with Gasteiger partial charge in [0.1, 0.15) is 0 Å². The highest BCUT2D eigenvalue weighted by Crippen LogP contribution is 2.16. The summed E-state index contributed by atoms with van der Waals surface area (Å²) in [5, 5.41) is 23.5. The fraction of sp³-hybridized carbons (Fsp3) is 0.353. The molecule has 0 aliphatic heterocycles. The van der Waals surface area contributed by atoms with Crippen LogP contribution in [0.3, 0.4) is 0 Å². The molecule has 1 aromatic heterocycles. The molecule has 122 valence electrons. The summed E-state index contributed by atoms with van der Waals surface area (Å²) in [7, 11) is 0. The van der Waals surface area contributed by atoms with Crippen LogP contribution in [-0.4, -0.2) is 33.5 Å². The largest absolute Gasteiger partial charge is 0.388 e. The third-order valence-electron chi connectivity index (χ3n) is 3.87. The Kier molecular flexibility index (Phi) is 5.65. The summed E-state index contributed by atoms with van der Waals surface area (Å²) >= 11 is 0. The molecule has 1 heterocycles. The number of carbonyl (C=O) groups is 1. The molecule has 1 aromatic carbocycles. The van der Waals surface area contributed by atoms with Crippen LogP contribution in [0.2, 0.25) is 0 Å². The summed E-state index contributed by atoms with van der Waals surface area (Å²) in [5.41, 5.74) is 0.829. The Labute approximate surface area is 136 Å². The molecule has 23 heavy (non-hydrogen) atoms. The number of amides is 2. The summed E-state index contributed by atoms with van der Waals surface area (Å²) in [6.07, 6.45) is 1.16. The number of hydrogen-bond donors (Lipinski definition) is 3. The topological polar surface area (TPSA) is 87.1 Å². The number of carbonyl (C=O) groups excluding carboxylic acids is 1. The second-order valence-corrected chi connectivity index (χ2v) is 5.41. The van der Waals surface area contributed by atoms with E-state index in [0.29, 0.717) is 18.7 Å². The van der Waals surface area contributed by atoms with Gasteiger partial charge in [0, 0.05) is 12.1 Å². The number of anilines is 1. The molecule has 0 unspecified atom stereocenters. The highest BCUT2D eigenvalue weighted by Gasteiger charge is 2.22. The van der Waals surface area contributed by atoms with Gasteiger partial charge in [-0.1, -0.05) is 44.2 Å². The SMILES string of the molecule is CCC(O)(CC)CNC(=O)Nc1ccc(-c2ccccc2)nn1. The van der Waals surface area contributed by atoms with Crippen LogP contribution >= 0.6 is 0 Å². The van der Waals surface area contributed by atoms with Crippen molar-refractivity contribution in [1.82, 2.24) is 15.5 Å². The Hall–Kier alpha value is -2.47. The van der Waals surface area contributed by atoms with Gasteiger partial charge in [-0.05, 0) is 25.0 Å². The van der Waals surface area contributed by atoms with Crippen LogP contribution in [0.1, 0.15) is 26.7 Å². The van der Waals surface area contributed by atoms with E-state index in [1.165, 1.54) is 0 Å². The number of nitrogens with zero attached hydrogens (tertiary/aromatic N) is 2. The lowest BCUT2D eigenvalue weighted by Crippen LogP contribution is -2.43. The summed E-state index contributed by atoms with van der Waals surface area (Å²) in [4.78, 5) is 11.8. The Balaban J connectivity index is 1.92. The molecule has 6 nitrogen and oxygen atoms in total. The third kappa shape index (κ3) is 4.75. The lowest BCUT2D eigenvalue weighted by atomic mass is 9.98. The second kappa shape index (κ2) is 7.69. The molecule has 2 aromatic rings. The van der Waals surface area contributed by atoms with Gasteiger partial charge in [-0.3, -0.25) is 5.32 Å². The Morgan fingerprint density at radius 1 is 1.09 bits per heavy atom. The number of rotatable bonds is 6. The quantitative estimate of drug-likeness (QED) is 0.765. The van der Waals surface area contributed by atoms with Gasteiger partial charge in [0.25, 0.3) is 0 Å². The average Bonchev–Trinajstić information content (AvgIpc) is 2.61. The van der Waals surface area contributed by atoms with Crippen molar-refractivity contribution in [2.24, 2.45) is 0 Å². The number of urea groups is 1. The first-order chi connectivity index (χ1) is 11.1. The van der Waals surface area contributed by atoms with Crippen LogP contribution in [-0.2, 0) is 0 Å². The van der Waals surface area contributed by atoms with Gasteiger partial charge in [-0.15, -0.1) is 10.2 Å². The number of aliphatic hydroxyl groups is 1. The lowest BCUT2D eigenvalue weighted by Gasteiger charge is -2.25. The van der Waals surface area contributed by atoms with Gasteiger partial charge in [0.2, 0.25) is 0 Å². The first-order valence-electron chi connectivity index (χ1n) is 7.72. The van der Waals surface area contributed by atoms with E-state index in [9.17, 15) is 9.90 Å². The number of aromatic nitrogens is 2. The second-order valence-electron chi connectivity index (χ2n) is 5.41. The van der Waals surface area contributed by atoms with E-state index in [2.05, 4.69) is 20.8 Å². The van der Waals surface area contributed by atoms with E-state index in [1.54, 1.807) is 12.1 Å². The predicted octanol–water partition coefficient (Wildman–Crippen LogP) is 2.82. The van der Waals surface area contributed by atoms with Gasteiger partial charge in [-0.25, -0.2) is 4.79 Å². The van der Waals surface area contributed by atoms with E-state index in [0.717, 1.165) is 11.3 Å². The highest BCUT2D eigenvalue weighted by atomic mass is 16.3. The standard InChI is InChI=1S/C17H22N4O2/c1-3-17(23,4-2)12-18-16(22)19-15-11-10-14(20-21-15)13-8-6-5-7-9-13/h5-11,23H,3-4,12H2,1-2H3,(H2,18,19,21,22). The maximum atomic E-state index is 11.8. The molecule has 0 atom stereocenters. The molecule has 0 saturated heterocycles. The molecular weight excluding hydrogens is 292 g/mol. The van der Waals surface area contributed by atoms with E-state index >= 15 is 0 Å². The molecule has 3 N–H and O–H groups in total. The maximum Gasteiger partial charge on any atom is 0.320 e. The minimum atomic E-state index is -0.875. The molecule has 0 bridgehead atoms. The minimum absolute atomic E-state index is 0.196. The Bertz CT molecular complexity index is 625. The van der Waals surface area contributed by atoms with Crippen molar-refractivity contribution in [2.75, 3.05) is 11.9 Å². The van der Waals surface area contributed by atoms with Crippen molar-refractivity contribution >= 4 is 11.8 Å². The van der Waals surface area contributed by atoms with E-state index in [1.807, 2.05) is 44.2 Å². The van der Waals surface area contributed by atoms with Gasteiger partial charge < -0.3 is 10.4 Å². The van der Waals surface area contributed by atoms with Crippen molar-refractivity contribution < 1.29 is 9.90 Å². The molecule has 6 heteroatoms. The van der Waals surface area contributed by atoms with Gasteiger partial charge in [-0.2, -0.15) is 0 Å². The van der Waals surface area contributed by atoms with E-state index in [-0.39, 0.29) is 6.54 Å². The van der Waals surface area contributed by atoms with Gasteiger partial charge >= 0.3 is 6.03 Å². The van der Waals surface area contributed by atoms with Crippen molar-refractivity contribution in [1.29, 1.82) is 0 Å². The molecule has 0 aliphatic carbocycles. The van der Waals surface area contributed by atoms with Crippen LogP contribution < -0.4 is 10.6 Å². The Morgan fingerprint density at radius 3 is 2.35 bits per heavy atom. The van der Waals surface area contributed by atoms with Crippen LogP contribution in [0.5, 0.6) is 0 Å². The number of benzene rings is 1. The third-order valence-corrected chi connectivity index (χ3v) is 3.87. The van der Waals surface area contributed by atoms with E-state index in [4.69, 9.17) is 0 Å². The minimum Gasteiger partial charge on any atom is -0.388 e. The van der Waals surface area contributed by atoms with Gasteiger partial charge in [0.05, 0.1) is 11.3 Å². The van der Waals surface area contributed by atoms with Crippen LogP contribution in [0.4, 0.5) is 10.6 Å². The fourth-order valence-corrected chi connectivity index (χ4v) is 2.07. The zero-order valence-corrected chi connectivity index (χ0v) is 13.4. The molecule has 0 aliphatic rings. The van der Waals surface area contributed by atoms with Crippen LogP contribution in [0.25, 0.3) is 11.3 Å². The monoisotopic (exact) mass is 314 g/mol. The maximum absolute atomic E-state index is 11.8. The fourth-order valence-electron chi connectivity index (χ4n) is 2.07. The number of hydrogen-bond acceptors (Lipinski definition) is 4. The zero-order chi connectivity index (χ0) is 16.7. The molecule has 0 radical (unpaired) electrons. The molecule has 0 spiro atoms. The van der Waals surface area contributed by atoms with Crippen LogP contribution in [0, 0.1) is 0 Å².